The lowest BCUT2D eigenvalue weighted by Crippen LogP contribution is -2.23. The SMILES string of the molecule is Cc1ccc(NC(=O)CCCn2c(=O)c3cccn3c3ccc(Br)cc32)c(Cl)c1. The summed E-state index contributed by atoms with van der Waals surface area (Å²) in [4.78, 5) is 25.3. The Labute approximate surface area is 181 Å². The Bertz CT molecular complexity index is 1290. The van der Waals surface area contributed by atoms with Crippen molar-refractivity contribution in [1.82, 2.24) is 8.97 Å². The zero-order valence-corrected chi connectivity index (χ0v) is 18.1. The van der Waals surface area contributed by atoms with Crippen LogP contribution in [0.3, 0.4) is 0 Å². The summed E-state index contributed by atoms with van der Waals surface area (Å²) < 4.78 is 4.53. The van der Waals surface area contributed by atoms with Crippen LogP contribution in [0.25, 0.3) is 16.6 Å². The molecule has 0 saturated heterocycles. The lowest BCUT2D eigenvalue weighted by atomic mass is 10.2. The van der Waals surface area contributed by atoms with Crippen molar-refractivity contribution in [2.75, 3.05) is 5.32 Å². The fourth-order valence-electron chi connectivity index (χ4n) is 3.48. The number of benzene rings is 2. The van der Waals surface area contributed by atoms with Gasteiger partial charge in [0.1, 0.15) is 5.52 Å². The first kappa shape index (κ1) is 19.7. The van der Waals surface area contributed by atoms with Gasteiger partial charge >= 0.3 is 0 Å². The molecular weight excluding hydrogens is 454 g/mol. The number of halogens is 2. The summed E-state index contributed by atoms with van der Waals surface area (Å²) in [6.45, 7) is 2.39. The summed E-state index contributed by atoms with van der Waals surface area (Å²) in [6, 6.07) is 15.1. The monoisotopic (exact) mass is 471 g/mol. The minimum atomic E-state index is -0.127. The first-order chi connectivity index (χ1) is 13.9. The molecule has 0 unspecified atom stereocenters. The largest absolute Gasteiger partial charge is 0.325 e. The van der Waals surface area contributed by atoms with Gasteiger partial charge < -0.3 is 14.3 Å². The molecule has 0 spiro atoms. The number of carbonyl (C=O) groups excluding carboxylic acids is 1. The predicted octanol–water partition coefficient (Wildman–Crippen LogP) is 5.40. The molecule has 0 bridgehead atoms. The molecule has 2 aromatic heterocycles. The summed E-state index contributed by atoms with van der Waals surface area (Å²) in [5.74, 6) is -0.127. The second-order valence-corrected chi connectivity index (χ2v) is 8.31. The molecule has 0 fully saturated rings. The molecule has 0 aliphatic heterocycles. The average molecular weight is 473 g/mol. The quantitative estimate of drug-likeness (QED) is 0.423. The molecule has 1 amide bonds. The number of aromatic nitrogens is 2. The third-order valence-electron chi connectivity index (χ3n) is 4.89. The molecule has 148 valence electrons. The van der Waals surface area contributed by atoms with E-state index in [1.54, 1.807) is 10.6 Å². The summed E-state index contributed by atoms with van der Waals surface area (Å²) in [5, 5.41) is 3.36. The van der Waals surface area contributed by atoms with Crippen LogP contribution in [0.15, 0.2) is 64.0 Å². The molecule has 0 aliphatic rings. The third-order valence-corrected chi connectivity index (χ3v) is 5.69. The van der Waals surface area contributed by atoms with Crippen molar-refractivity contribution in [3.05, 3.63) is 80.1 Å². The highest BCUT2D eigenvalue weighted by molar-refractivity contribution is 9.10. The van der Waals surface area contributed by atoms with Gasteiger partial charge in [-0.05, 0) is 61.4 Å². The number of amides is 1. The molecule has 1 N–H and O–H groups in total. The average Bonchev–Trinajstić information content (AvgIpc) is 3.17. The Kier molecular flexibility index (Phi) is 5.48. The van der Waals surface area contributed by atoms with Gasteiger partial charge in [0.2, 0.25) is 5.91 Å². The number of hydrogen-bond acceptors (Lipinski definition) is 2. The van der Waals surface area contributed by atoms with Crippen LogP contribution in [0, 0.1) is 6.92 Å². The molecule has 0 saturated carbocycles. The van der Waals surface area contributed by atoms with Crippen molar-refractivity contribution in [1.29, 1.82) is 0 Å². The third kappa shape index (κ3) is 3.95. The number of carbonyl (C=O) groups is 1. The van der Waals surface area contributed by atoms with E-state index in [0.717, 1.165) is 21.1 Å². The zero-order valence-electron chi connectivity index (χ0n) is 15.8. The first-order valence-corrected chi connectivity index (χ1v) is 10.5. The first-order valence-electron chi connectivity index (χ1n) is 9.29. The van der Waals surface area contributed by atoms with E-state index in [0.29, 0.717) is 35.6 Å². The topological polar surface area (TPSA) is 55.5 Å². The van der Waals surface area contributed by atoms with Gasteiger partial charge in [0, 0.05) is 23.6 Å². The van der Waals surface area contributed by atoms with E-state index in [2.05, 4.69) is 21.2 Å². The van der Waals surface area contributed by atoms with E-state index in [1.807, 2.05) is 60.0 Å². The number of rotatable bonds is 5. The van der Waals surface area contributed by atoms with Crippen molar-refractivity contribution < 1.29 is 4.79 Å². The van der Waals surface area contributed by atoms with Gasteiger partial charge in [0.15, 0.2) is 0 Å². The molecular formula is C22H19BrClN3O2. The van der Waals surface area contributed by atoms with E-state index < -0.39 is 0 Å². The van der Waals surface area contributed by atoms with Gasteiger partial charge in [-0.3, -0.25) is 9.59 Å². The van der Waals surface area contributed by atoms with Crippen LogP contribution < -0.4 is 10.9 Å². The molecule has 0 aliphatic carbocycles. The van der Waals surface area contributed by atoms with Crippen molar-refractivity contribution >= 4 is 55.7 Å². The fraction of sp³-hybridized carbons (Fsp3) is 0.182. The second-order valence-electron chi connectivity index (χ2n) is 6.99. The Morgan fingerprint density at radius 1 is 1.10 bits per heavy atom. The van der Waals surface area contributed by atoms with Crippen LogP contribution in [0.1, 0.15) is 18.4 Å². The van der Waals surface area contributed by atoms with E-state index in [1.165, 1.54) is 0 Å². The highest BCUT2D eigenvalue weighted by Gasteiger charge is 2.12. The summed E-state index contributed by atoms with van der Waals surface area (Å²) >= 11 is 9.67. The van der Waals surface area contributed by atoms with Crippen LogP contribution in [-0.2, 0) is 11.3 Å². The minimum Gasteiger partial charge on any atom is -0.325 e. The number of nitrogens with zero attached hydrogens (tertiary/aromatic N) is 2. The zero-order chi connectivity index (χ0) is 20.5. The lowest BCUT2D eigenvalue weighted by molar-refractivity contribution is -0.116. The van der Waals surface area contributed by atoms with Crippen molar-refractivity contribution in [2.45, 2.75) is 26.3 Å². The number of aryl methyl sites for hydroxylation is 2. The number of fused-ring (bicyclic) bond motifs is 3. The lowest BCUT2D eigenvalue weighted by Gasteiger charge is -2.13. The van der Waals surface area contributed by atoms with Crippen molar-refractivity contribution in [2.24, 2.45) is 0 Å². The van der Waals surface area contributed by atoms with E-state index in [-0.39, 0.29) is 11.5 Å². The summed E-state index contributed by atoms with van der Waals surface area (Å²) in [5.41, 5.74) is 3.96. The number of anilines is 1. The molecule has 0 radical (unpaired) electrons. The highest BCUT2D eigenvalue weighted by Crippen LogP contribution is 2.23. The molecule has 29 heavy (non-hydrogen) atoms. The van der Waals surface area contributed by atoms with Gasteiger partial charge in [-0.2, -0.15) is 0 Å². The Hall–Kier alpha value is -2.57. The fourth-order valence-corrected chi connectivity index (χ4v) is 4.11. The standard InChI is InChI=1S/C22H19BrClN3O2/c1-14-6-8-17(16(24)12-14)25-21(28)5-3-11-27-20-13-15(23)7-9-18(20)26-10-2-4-19(26)22(27)29/h2,4,6-10,12-13H,3,5,11H2,1H3,(H,25,28). The maximum absolute atomic E-state index is 13.0. The van der Waals surface area contributed by atoms with Crippen LogP contribution >= 0.6 is 27.5 Å². The smallest absolute Gasteiger partial charge is 0.275 e. The maximum atomic E-state index is 13.0. The van der Waals surface area contributed by atoms with E-state index in [4.69, 9.17) is 11.6 Å². The summed E-state index contributed by atoms with van der Waals surface area (Å²) in [7, 11) is 0. The molecule has 2 heterocycles. The molecule has 4 rings (SSSR count). The van der Waals surface area contributed by atoms with Gasteiger partial charge in [-0.25, -0.2) is 0 Å². The molecule has 4 aromatic rings. The van der Waals surface area contributed by atoms with Crippen molar-refractivity contribution in [3.8, 4) is 0 Å². The molecule has 7 heteroatoms. The van der Waals surface area contributed by atoms with Gasteiger partial charge in [-0.15, -0.1) is 0 Å². The van der Waals surface area contributed by atoms with Crippen LogP contribution in [0.5, 0.6) is 0 Å². The second kappa shape index (κ2) is 8.05. The Morgan fingerprint density at radius 3 is 2.72 bits per heavy atom. The molecule has 5 nitrogen and oxygen atoms in total. The number of nitrogens with one attached hydrogen (secondary N) is 1. The van der Waals surface area contributed by atoms with Crippen LogP contribution in [-0.4, -0.2) is 14.9 Å². The van der Waals surface area contributed by atoms with Crippen LogP contribution in [0.2, 0.25) is 5.02 Å². The van der Waals surface area contributed by atoms with Gasteiger partial charge in [0.05, 0.1) is 21.7 Å². The maximum Gasteiger partial charge on any atom is 0.275 e. The predicted molar refractivity (Wildman–Crippen MR) is 121 cm³/mol. The van der Waals surface area contributed by atoms with Crippen molar-refractivity contribution in [3.63, 3.8) is 0 Å². The molecule has 0 atom stereocenters. The molecule has 2 aromatic carbocycles. The van der Waals surface area contributed by atoms with Gasteiger partial charge in [-0.1, -0.05) is 33.6 Å². The highest BCUT2D eigenvalue weighted by atomic mass is 79.9. The normalized spacial score (nSPS) is 11.3. The Morgan fingerprint density at radius 2 is 1.93 bits per heavy atom. The van der Waals surface area contributed by atoms with E-state index >= 15 is 0 Å². The Balaban J connectivity index is 1.55. The number of hydrogen-bond donors (Lipinski definition) is 1. The van der Waals surface area contributed by atoms with Gasteiger partial charge in [0.25, 0.3) is 5.56 Å². The van der Waals surface area contributed by atoms with E-state index in [9.17, 15) is 9.59 Å². The summed E-state index contributed by atoms with van der Waals surface area (Å²) in [6.07, 6.45) is 2.71. The van der Waals surface area contributed by atoms with Crippen LogP contribution in [0.4, 0.5) is 5.69 Å². The minimum absolute atomic E-state index is 0.0670.